The third-order valence-electron chi connectivity index (χ3n) is 3.73. The summed E-state index contributed by atoms with van der Waals surface area (Å²) in [6, 6.07) is 4.39. The highest BCUT2D eigenvalue weighted by atomic mass is 35.5. The van der Waals surface area contributed by atoms with Crippen LogP contribution in [-0.2, 0) is 4.79 Å². The van der Waals surface area contributed by atoms with E-state index < -0.39 is 12.0 Å². The van der Waals surface area contributed by atoms with E-state index in [0.717, 1.165) is 24.8 Å². The van der Waals surface area contributed by atoms with E-state index in [1.165, 1.54) is 4.90 Å². The van der Waals surface area contributed by atoms with Crippen LogP contribution in [-0.4, -0.2) is 34.5 Å². The van der Waals surface area contributed by atoms with E-state index in [9.17, 15) is 14.7 Å². The molecule has 1 heterocycles. The summed E-state index contributed by atoms with van der Waals surface area (Å²) in [7, 11) is 0. The van der Waals surface area contributed by atoms with Crippen LogP contribution in [0.4, 0.5) is 0 Å². The third kappa shape index (κ3) is 3.12. The summed E-state index contributed by atoms with van der Waals surface area (Å²) < 4.78 is 0. The lowest BCUT2D eigenvalue weighted by molar-refractivity contribution is -0.142. The number of hydrogen-bond donors (Lipinski definition) is 1. The number of carbonyl (C=O) groups excluding carboxylic acids is 1. The van der Waals surface area contributed by atoms with Gasteiger partial charge in [-0.3, -0.25) is 4.79 Å². The van der Waals surface area contributed by atoms with Crippen LogP contribution in [0, 0.1) is 6.92 Å². The highest BCUT2D eigenvalue weighted by Crippen LogP contribution is 2.23. The van der Waals surface area contributed by atoms with Crippen LogP contribution in [0.5, 0.6) is 0 Å². The summed E-state index contributed by atoms with van der Waals surface area (Å²) in [5.74, 6) is -1.17. The molecule has 1 N–H and O–H groups in total. The fraction of sp³-hybridized carbons (Fsp3) is 0.467. The van der Waals surface area contributed by atoms with Gasteiger partial charge in [-0.1, -0.05) is 30.5 Å². The Morgan fingerprint density at radius 3 is 2.75 bits per heavy atom. The Hall–Kier alpha value is -1.55. The zero-order valence-electron chi connectivity index (χ0n) is 11.4. The van der Waals surface area contributed by atoms with Crippen molar-refractivity contribution in [3.8, 4) is 0 Å². The van der Waals surface area contributed by atoms with E-state index in [0.29, 0.717) is 23.6 Å². The summed E-state index contributed by atoms with van der Waals surface area (Å²) in [6.07, 6.45) is 3.16. The quantitative estimate of drug-likeness (QED) is 0.912. The second-order valence-electron chi connectivity index (χ2n) is 5.16. The van der Waals surface area contributed by atoms with Crippen molar-refractivity contribution in [1.82, 2.24) is 4.90 Å². The Balaban J connectivity index is 2.33. The smallest absolute Gasteiger partial charge is 0.326 e. The van der Waals surface area contributed by atoms with Crippen molar-refractivity contribution in [2.45, 2.75) is 38.6 Å². The van der Waals surface area contributed by atoms with Crippen LogP contribution in [0.15, 0.2) is 18.2 Å². The first-order chi connectivity index (χ1) is 9.50. The zero-order chi connectivity index (χ0) is 14.7. The fourth-order valence-corrected chi connectivity index (χ4v) is 2.76. The maximum atomic E-state index is 12.6. The number of carbonyl (C=O) groups is 2. The van der Waals surface area contributed by atoms with Gasteiger partial charge in [-0.05, 0) is 37.5 Å². The summed E-state index contributed by atoms with van der Waals surface area (Å²) in [5.41, 5.74) is 1.30. The standard InChI is InChI=1S/C15H18ClNO3/c1-10-6-7-11(16)9-12(10)14(18)17-8-4-2-3-5-13(17)15(19)20/h6-7,9,13H,2-5,8H2,1H3,(H,19,20). The summed E-state index contributed by atoms with van der Waals surface area (Å²) >= 11 is 5.94. The molecule has 0 spiro atoms. The topological polar surface area (TPSA) is 57.6 Å². The lowest BCUT2D eigenvalue weighted by Gasteiger charge is -2.27. The summed E-state index contributed by atoms with van der Waals surface area (Å²) in [5, 5.41) is 9.82. The summed E-state index contributed by atoms with van der Waals surface area (Å²) in [4.78, 5) is 25.5. The molecule has 1 aromatic rings. The number of rotatable bonds is 2. The molecule has 0 radical (unpaired) electrons. The SMILES string of the molecule is Cc1ccc(Cl)cc1C(=O)N1CCCCCC1C(=O)O. The molecule has 1 fully saturated rings. The van der Waals surface area contributed by atoms with Crippen LogP contribution >= 0.6 is 11.6 Å². The highest BCUT2D eigenvalue weighted by Gasteiger charge is 2.31. The first-order valence-corrected chi connectivity index (χ1v) is 7.18. The Bertz CT molecular complexity index is 530. The number of benzene rings is 1. The van der Waals surface area contributed by atoms with Gasteiger partial charge < -0.3 is 10.0 Å². The minimum Gasteiger partial charge on any atom is -0.480 e. The van der Waals surface area contributed by atoms with Gasteiger partial charge in [0.15, 0.2) is 0 Å². The Morgan fingerprint density at radius 1 is 1.30 bits per heavy atom. The molecule has 20 heavy (non-hydrogen) atoms. The molecular formula is C15H18ClNO3. The number of aryl methyl sites for hydroxylation is 1. The molecule has 1 atom stereocenters. The lowest BCUT2D eigenvalue weighted by Crippen LogP contribution is -2.44. The van der Waals surface area contributed by atoms with Gasteiger partial charge in [-0.2, -0.15) is 0 Å². The molecule has 0 saturated carbocycles. The molecule has 4 nitrogen and oxygen atoms in total. The Morgan fingerprint density at radius 2 is 2.05 bits per heavy atom. The second-order valence-corrected chi connectivity index (χ2v) is 5.60. The maximum Gasteiger partial charge on any atom is 0.326 e. The Labute approximate surface area is 123 Å². The Kier molecular flexibility index (Phi) is 4.65. The molecule has 108 valence electrons. The zero-order valence-corrected chi connectivity index (χ0v) is 12.2. The van der Waals surface area contributed by atoms with E-state index in [2.05, 4.69) is 0 Å². The maximum absolute atomic E-state index is 12.6. The molecule has 1 aliphatic rings. The van der Waals surface area contributed by atoms with E-state index in [4.69, 9.17) is 11.6 Å². The highest BCUT2D eigenvalue weighted by molar-refractivity contribution is 6.31. The van der Waals surface area contributed by atoms with Crippen molar-refractivity contribution >= 4 is 23.5 Å². The van der Waals surface area contributed by atoms with Crippen molar-refractivity contribution in [1.29, 1.82) is 0 Å². The number of halogens is 1. The van der Waals surface area contributed by atoms with E-state index in [-0.39, 0.29) is 5.91 Å². The van der Waals surface area contributed by atoms with Gasteiger partial charge in [-0.25, -0.2) is 4.79 Å². The first kappa shape index (κ1) is 14.9. The number of nitrogens with zero attached hydrogens (tertiary/aromatic N) is 1. The number of amides is 1. The fourth-order valence-electron chi connectivity index (χ4n) is 2.59. The van der Waals surface area contributed by atoms with E-state index in [1.54, 1.807) is 18.2 Å². The molecule has 1 saturated heterocycles. The van der Waals surface area contributed by atoms with Crippen LogP contribution in [0.3, 0.4) is 0 Å². The minimum absolute atomic E-state index is 0.237. The molecule has 0 aliphatic carbocycles. The van der Waals surface area contributed by atoms with E-state index >= 15 is 0 Å². The van der Waals surface area contributed by atoms with Gasteiger partial charge in [0.1, 0.15) is 6.04 Å². The van der Waals surface area contributed by atoms with Gasteiger partial charge >= 0.3 is 5.97 Å². The number of carboxylic acids is 1. The number of aliphatic carboxylic acids is 1. The largest absolute Gasteiger partial charge is 0.480 e. The van der Waals surface area contributed by atoms with Crippen molar-refractivity contribution < 1.29 is 14.7 Å². The van der Waals surface area contributed by atoms with Gasteiger partial charge in [0.25, 0.3) is 5.91 Å². The third-order valence-corrected chi connectivity index (χ3v) is 3.96. The predicted octanol–water partition coefficient (Wildman–Crippen LogP) is 3.12. The van der Waals surface area contributed by atoms with Gasteiger partial charge in [0.05, 0.1) is 0 Å². The van der Waals surface area contributed by atoms with Gasteiger partial charge in [-0.15, -0.1) is 0 Å². The summed E-state index contributed by atoms with van der Waals surface area (Å²) in [6.45, 7) is 2.32. The molecule has 1 amide bonds. The van der Waals surface area contributed by atoms with Crippen molar-refractivity contribution in [2.24, 2.45) is 0 Å². The van der Waals surface area contributed by atoms with E-state index in [1.807, 2.05) is 6.92 Å². The molecule has 0 aromatic heterocycles. The first-order valence-electron chi connectivity index (χ1n) is 6.80. The molecule has 2 rings (SSSR count). The van der Waals surface area contributed by atoms with Crippen molar-refractivity contribution in [2.75, 3.05) is 6.54 Å². The molecule has 0 bridgehead atoms. The molecule has 5 heteroatoms. The van der Waals surface area contributed by atoms with Crippen molar-refractivity contribution in [3.05, 3.63) is 34.3 Å². The average Bonchev–Trinajstić information content (AvgIpc) is 2.66. The molecular weight excluding hydrogens is 278 g/mol. The second kappa shape index (κ2) is 6.27. The van der Waals surface area contributed by atoms with Crippen LogP contribution < -0.4 is 0 Å². The lowest BCUT2D eigenvalue weighted by atomic mass is 10.1. The number of carboxylic acid groups (broad SMARTS) is 1. The monoisotopic (exact) mass is 295 g/mol. The predicted molar refractivity (Wildman–Crippen MR) is 77.1 cm³/mol. The number of hydrogen-bond acceptors (Lipinski definition) is 2. The molecule has 1 aliphatic heterocycles. The normalized spacial score (nSPS) is 19.5. The molecule has 1 aromatic carbocycles. The van der Waals surface area contributed by atoms with Crippen LogP contribution in [0.1, 0.15) is 41.6 Å². The van der Waals surface area contributed by atoms with Gasteiger partial charge in [0, 0.05) is 17.1 Å². The van der Waals surface area contributed by atoms with Crippen molar-refractivity contribution in [3.63, 3.8) is 0 Å². The van der Waals surface area contributed by atoms with Crippen LogP contribution in [0.25, 0.3) is 0 Å². The average molecular weight is 296 g/mol. The van der Waals surface area contributed by atoms with Gasteiger partial charge in [0.2, 0.25) is 0 Å². The minimum atomic E-state index is -0.931. The molecule has 1 unspecified atom stereocenters. The van der Waals surface area contributed by atoms with Crippen LogP contribution in [0.2, 0.25) is 5.02 Å². The number of likely N-dealkylation sites (tertiary alicyclic amines) is 1.